The fourth-order valence-electron chi connectivity index (χ4n) is 6.20. The number of nitrogens with one attached hydrogen (secondary N) is 1. The first-order valence-corrected chi connectivity index (χ1v) is 13.0. The van der Waals surface area contributed by atoms with Gasteiger partial charge in [-0.05, 0) is 65.3 Å². The molecule has 1 aromatic rings. The fraction of sp³-hybridized carbons (Fsp3) is 0.500. The number of likely N-dealkylation sites (N-methyl/N-ethyl adjacent to an activating group) is 1. The van der Waals surface area contributed by atoms with Crippen LogP contribution in [-0.2, 0) is 25.5 Å². The number of fused-ring (bicyclic) bond motifs is 3. The van der Waals surface area contributed by atoms with Crippen LogP contribution in [0, 0.1) is 11.8 Å². The number of primary amides is 1. The predicted octanol–water partition coefficient (Wildman–Crippen LogP) is 1.38. The number of Topliss-reactive ketones (excluding diaryl/α,β-unsaturated/α-hetero) is 2. The van der Waals surface area contributed by atoms with Crippen molar-refractivity contribution in [3.63, 3.8) is 0 Å². The second kappa shape index (κ2) is 9.77. The van der Waals surface area contributed by atoms with Gasteiger partial charge in [0, 0.05) is 31.3 Å². The molecule has 0 radical (unpaired) electrons. The third-order valence-electron chi connectivity index (χ3n) is 7.81. The summed E-state index contributed by atoms with van der Waals surface area (Å²) in [4.78, 5) is 55.0. The molecule has 2 amide bonds. The van der Waals surface area contributed by atoms with E-state index >= 15 is 0 Å². The van der Waals surface area contributed by atoms with Gasteiger partial charge in [0.1, 0.15) is 22.7 Å². The number of hydrogen-bond donors (Lipinski definition) is 6. The van der Waals surface area contributed by atoms with Gasteiger partial charge in [0.05, 0.1) is 17.3 Å². The van der Waals surface area contributed by atoms with Crippen LogP contribution in [0.25, 0.3) is 5.76 Å². The molecular weight excluding hydrogens is 536 g/mol. The Morgan fingerprint density at radius 1 is 1.12 bits per heavy atom. The molecule has 0 saturated heterocycles. The molecule has 1 saturated carbocycles. The highest BCUT2D eigenvalue weighted by Crippen LogP contribution is 2.54. The van der Waals surface area contributed by atoms with Gasteiger partial charge in [0.25, 0.3) is 5.91 Å². The molecular formula is C28H36N4O9. The van der Waals surface area contributed by atoms with E-state index in [0.717, 1.165) is 0 Å². The average Bonchev–Trinajstić information content (AvgIpc) is 2.81. The first-order chi connectivity index (χ1) is 18.8. The lowest BCUT2D eigenvalue weighted by molar-refractivity contribution is -0.153. The number of benzene rings is 1. The van der Waals surface area contributed by atoms with E-state index in [0.29, 0.717) is 11.3 Å². The van der Waals surface area contributed by atoms with Crippen molar-refractivity contribution in [2.75, 3.05) is 38.4 Å². The highest BCUT2D eigenvalue weighted by molar-refractivity contribution is 6.24. The van der Waals surface area contributed by atoms with Crippen LogP contribution in [0.1, 0.15) is 38.3 Å². The number of carbonyl (C=O) groups is 4. The zero-order valence-corrected chi connectivity index (χ0v) is 24.0. The Bertz CT molecular complexity index is 1440. The summed E-state index contributed by atoms with van der Waals surface area (Å²) in [5, 5.41) is 47.9. The fourth-order valence-corrected chi connectivity index (χ4v) is 6.20. The number of phenols is 1. The summed E-state index contributed by atoms with van der Waals surface area (Å²) in [6.07, 6.45) is -0.778. The van der Waals surface area contributed by atoms with E-state index < -0.39 is 75.5 Å². The number of aliphatic hydroxyl groups is 3. The smallest absolute Gasteiger partial charge is 0.412 e. The maximum atomic E-state index is 14.0. The maximum Gasteiger partial charge on any atom is 0.412 e. The highest BCUT2D eigenvalue weighted by Gasteiger charge is 2.64. The number of phenolic OH excluding ortho intramolecular Hbond substituents is 1. The molecule has 0 unspecified atom stereocenters. The topological polar surface area (TPSA) is 203 Å². The number of nitrogens with two attached hydrogens (primary N) is 1. The van der Waals surface area contributed by atoms with Gasteiger partial charge < -0.3 is 35.8 Å². The van der Waals surface area contributed by atoms with Gasteiger partial charge >= 0.3 is 6.09 Å². The molecule has 13 nitrogen and oxygen atoms in total. The SMILES string of the molecule is CN(C)c1cc(NC(=O)OC(C)(C)C)c(O)c2c1C[C@@H]1C[C@@H]3[C@H](N(C)C)C(=O)C(C(N)=O)=C(O)[C@@]3(O)C(=O)C1=C2O. The Morgan fingerprint density at radius 2 is 1.73 bits per heavy atom. The van der Waals surface area contributed by atoms with Crippen LogP contribution in [0.2, 0.25) is 0 Å². The Labute approximate surface area is 236 Å². The molecule has 0 bridgehead atoms. The number of anilines is 2. The molecule has 0 aliphatic heterocycles. The van der Waals surface area contributed by atoms with Gasteiger partial charge in [-0.3, -0.25) is 24.6 Å². The van der Waals surface area contributed by atoms with E-state index in [9.17, 15) is 39.6 Å². The second-order valence-corrected chi connectivity index (χ2v) is 12.1. The van der Waals surface area contributed by atoms with Gasteiger partial charge in [-0.25, -0.2) is 4.79 Å². The third kappa shape index (κ3) is 4.58. The Morgan fingerprint density at radius 3 is 2.24 bits per heavy atom. The van der Waals surface area contributed by atoms with Gasteiger partial charge in [-0.15, -0.1) is 0 Å². The van der Waals surface area contributed by atoms with Gasteiger partial charge in [0.15, 0.2) is 17.1 Å². The van der Waals surface area contributed by atoms with E-state index in [2.05, 4.69) is 5.32 Å². The van der Waals surface area contributed by atoms with Crippen molar-refractivity contribution in [2.24, 2.45) is 17.6 Å². The van der Waals surface area contributed by atoms with E-state index in [4.69, 9.17) is 10.5 Å². The number of ketones is 2. The number of rotatable bonds is 4. The Kier molecular flexibility index (Phi) is 7.12. The summed E-state index contributed by atoms with van der Waals surface area (Å²) in [6.45, 7) is 5.00. The molecule has 0 spiro atoms. The summed E-state index contributed by atoms with van der Waals surface area (Å²) in [6, 6.07) is 0.340. The van der Waals surface area contributed by atoms with Crippen molar-refractivity contribution < 1.29 is 44.3 Å². The molecule has 4 atom stereocenters. The molecule has 3 aliphatic carbocycles. The molecule has 4 rings (SSSR count). The van der Waals surface area contributed by atoms with E-state index in [1.54, 1.807) is 39.8 Å². The van der Waals surface area contributed by atoms with Gasteiger partial charge in [-0.2, -0.15) is 0 Å². The predicted molar refractivity (Wildman–Crippen MR) is 148 cm³/mol. The minimum Gasteiger partial charge on any atom is -0.508 e. The summed E-state index contributed by atoms with van der Waals surface area (Å²) >= 11 is 0. The quantitative estimate of drug-likeness (QED) is 0.225. The van der Waals surface area contributed by atoms with Crippen molar-refractivity contribution in [3.05, 3.63) is 34.1 Å². The number of hydrogen-bond acceptors (Lipinski definition) is 11. The lowest BCUT2D eigenvalue weighted by Gasteiger charge is -2.50. The molecule has 222 valence electrons. The number of amides is 2. The van der Waals surface area contributed by atoms with Crippen molar-refractivity contribution in [1.29, 1.82) is 0 Å². The molecule has 41 heavy (non-hydrogen) atoms. The number of aliphatic hydroxyl groups excluding tert-OH is 2. The number of carbonyl (C=O) groups excluding carboxylic acids is 4. The normalized spacial score (nSPS) is 25.9. The van der Waals surface area contributed by atoms with Crippen molar-refractivity contribution in [3.8, 4) is 5.75 Å². The highest BCUT2D eigenvalue weighted by atomic mass is 16.6. The van der Waals surface area contributed by atoms with E-state index in [-0.39, 0.29) is 29.7 Å². The molecule has 1 fully saturated rings. The van der Waals surface area contributed by atoms with Crippen LogP contribution in [0.4, 0.5) is 16.2 Å². The summed E-state index contributed by atoms with van der Waals surface area (Å²) < 4.78 is 5.28. The van der Waals surface area contributed by atoms with Gasteiger partial charge in [0.2, 0.25) is 5.78 Å². The van der Waals surface area contributed by atoms with E-state index in [1.807, 2.05) is 0 Å². The van der Waals surface area contributed by atoms with E-state index in [1.165, 1.54) is 25.1 Å². The largest absolute Gasteiger partial charge is 0.508 e. The molecule has 13 heteroatoms. The van der Waals surface area contributed by atoms with Crippen LogP contribution < -0.4 is 16.0 Å². The first kappa shape index (κ1) is 29.9. The molecule has 0 heterocycles. The minimum absolute atomic E-state index is 0.0305. The zero-order chi connectivity index (χ0) is 30.9. The van der Waals surface area contributed by atoms with Crippen LogP contribution in [-0.4, -0.2) is 94.3 Å². The summed E-state index contributed by atoms with van der Waals surface area (Å²) in [5.41, 5.74) is 1.37. The average molecular weight is 573 g/mol. The molecule has 3 aliphatic rings. The Hall–Kier alpha value is -4.10. The van der Waals surface area contributed by atoms with Crippen molar-refractivity contribution >= 4 is 40.7 Å². The van der Waals surface area contributed by atoms with Crippen molar-refractivity contribution in [1.82, 2.24) is 4.90 Å². The summed E-state index contributed by atoms with van der Waals surface area (Å²) in [7, 11) is 6.52. The van der Waals surface area contributed by atoms with Crippen LogP contribution in [0.5, 0.6) is 5.75 Å². The lowest BCUT2D eigenvalue weighted by Crippen LogP contribution is -2.65. The Balaban J connectivity index is 1.93. The maximum absolute atomic E-state index is 14.0. The zero-order valence-electron chi connectivity index (χ0n) is 24.0. The minimum atomic E-state index is -2.74. The lowest BCUT2D eigenvalue weighted by atomic mass is 9.57. The van der Waals surface area contributed by atoms with Crippen molar-refractivity contribution in [2.45, 2.75) is 50.9 Å². The van der Waals surface area contributed by atoms with Crippen LogP contribution >= 0.6 is 0 Å². The number of aromatic hydroxyl groups is 1. The third-order valence-corrected chi connectivity index (χ3v) is 7.81. The standard InChI is InChI=1S/C28H36N4O9/c1-27(2,3)41-26(39)30-14-10-15(31(4)5)12-8-11-9-13-19(32(6)7)22(35)18(25(29)38)24(37)28(13,40)23(36)16(11)21(34)17(12)20(14)33/h10-11,13,19,33-34,37,40H,8-9H2,1-7H3,(H2,29,38)(H,30,39)/t11-,13-,19+,28+/m1/s1. The number of nitrogens with zero attached hydrogens (tertiary/aromatic N) is 2. The molecule has 0 aromatic heterocycles. The second-order valence-electron chi connectivity index (χ2n) is 12.1. The molecule has 7 N–H and O–H groups in total. The van der Waals surface area contributed by atoms with Crippen LogP contribution in [0.15, 0.2) is 23.0 Å². The number of ether oxygens (including phenoxy) is 1. The molecule has 1 aromatic carbocycles. The monoisotopic (exact) mass is 572 g/mol. The summed E-state index contributed by atoms with van der Waals surface area (Å²) in [5.74, 6) is -7.49. The first-order valence-electron chi connectivity index (χ1n) is 13.0. The van der Waals surface area contributed by atoms with Crippen LogP contribution in [0.3, 0.4) is 0 Å². The van der Waals surface area contributed by atoms with Gasteiger partial charge in [-0.1, -0.05) is 0 Å².